The molecule has 0 saturated heterocycles. The molecule has 0 N–H and O–H groups in total. The highest BCUT2D eigenvalue weighted by Gasteiger charge is 2.31. The Bertz CT molecular complexity index is 458. The van der Waals surface area contributed by atoms with Gasteiger partial charge in [0.05, 0.1) is 10.6 Å². The number of hydrogen-bond acceptors (Lipinski definition) is 4. The fraction of sp³-hybridized carbons (Fsp3) is 0.778. The van der Waals surface area contributed by atoms with Gasteiger partial charge in [-0.15, -0.1) is 0 Å². The number of thiazole rings is 1. The van der Waals surface area contributed by atoms with Crippen molar-refractivity contribution in [2.75, 3.05) is 18.0 Å². The molecule has 126 valence electrons. The minimum absolute atomic E-state index is 0.0772. The lowest BCUT2D eigenvalue weighted by atomic mass is 9.78. The van der Waals surface area contributed by atoms with Crippen molar-refractivity contribution in [2.24, 2.45) is 5.92 Å². The first-order chi connectivity index (χ1) is 10.4. The molecular formula is C18H32N2OS. The van der Waals surface area contributed by atoms with Crippen LogP contribution in [-0.2, 0) is 5.41 Å². The van der Waals surface area contributed by atoms with Gasteiger partial charge in [-0.25, -0.2) is 4.98 Å². The Kier molecular flexibility index (Phi) is 7.54. The minimum atomic E-state index is -0.0772. The van der Waals surface area contributed by atoms with Crippen LogP contribution in [0.25, 0.3) is 0 Å². The maximum Gasteiger partial charge on any atom is 0.186 e. The first-order valence-corrected chi connectivity index (χ1v) is 9.41. The Morgan fingerprint density at radius 2 is 1.73 bits per heavy atom. The summed E-state index contributed by atoms with van der Waals surface area (Å²) >= 11 is 1.56. The Morgan fingerprint density at radius 1 is 1.18 bits per heavy atom. The van der Waals surface area contributed by atoms with Crippen LogP contribution in [0, 0.1) is 5.92 Å². The summed E-state index contributed by atoms with van der Waals surface area (Å²) < 4.78 is 0. The van der Waals surface area contributed by atoms with Crippen molar-refractivity contribution in [2.45, 2.75) is 72.6 Å². The number of carbonyl (C=O) groups is 1. The predicted octanol–water partition coefficient (Wildman–Crippen LogP) is 5.30. The van der Waals surface area contributed by atoms with Crippen LogP contribution >= 0.6 is 11.3 Å². The van der Waals surface area contributed by atoms with Crippen molar-refractivity contribution in [1.82, 2.24) is 4.98 Å². The van der Waals surface area contributed by atoms with Gasteiger partial charge in [0.25, 0.3) is 0 Å². The third-order valence-electron chi connectivity index (χ3n) is 4.64. The maximum atomic E-state index is 11.5. The first kappa shape index (κ1) is 19.1. The topological polar surface area (TPSA) is 33.2 Å². The molecule has 4 heteroatoms. The molecule has 0 spiro atoms. The molecule has 0 aliphatic carbocycles. The van der Waals surface area contributed by atoms with E-state index in [9.17, 15) is 4.79 Å². The zero-order chi connectivity index (χ0) is 16.8. The fourth-order valence-electron chi connectivity index (χ4n) is 2.27. The molecule has 0 amide bonds. The number of hydrogen-bond donors (Lipinski definition) is 0. The number of aldehydes is 1. The van der Waals surface area contributed by atoms with Gasteiger partial charge >= 0.3 is 0 Å². The average molecular weight is 325 g/mol. The molecule has 1 aromatic rings. The van der Waals surface area contributed by atoms with E-state index in [1.54, 1.807) is 11.3 Å². The first-order valence-electron chi connectivity index (χ1n) is 8.59. The second kappa shape index (κ2) is 8.66. The van der Waals surface area contributed by atoms with Gasteiger partial charge in [-0.3, -0.25) is 4.79 Å². The van der Waals surface area contributed by atoms with Crippen molar-refractivity contribution in [3.63, 3.8) is 0 Å². The zero-order valence-corrected chi connectivity index (χ0v) is 15.9. The summed E-state index contributed by atoms with van der Waals surface area (Å²) in [7, 11) is 0. The van der Waals surface area contributed by atoms with Gasteiger partial charge in [-0.2, -0.15) is 0 Å². The Morgan fingerprint density at radius 3 is 2.14 bits per heavy atom. The lowest BCUT2D eigenvalue weighted by molar-refractivity contribution is 0.112. The molecule has 1 heterocycles. The summed E-state index contributed by atoms with van der Waals surface area (Å²) in [6.07, 6.45) is 5.68. The summed E-state index contributed by atoms with van der Waals surface area (Å²) in [4.78, 5) is 19.6. The number of nitrogens with zero attached hydrogens (tertiary/aromatic N) is 2. The van der Waals surface area contributed by atoms with Crippen LogP contribution in [0.2, 0.25) is 0 Å². The molecule has 0 saturated carbocycles. The predicted molar refractivity (Wildman–Crippen MR) is 97.4 cm³/mol. The molecule has 0 aliphatic heterocycles. The monoisotopic (exact) mass is 324 g/mol. The minimum Gasteiger partial charge on any atom is -0.348 e. The summed E-state index contributed by atoms with van der Waals surface area (Å²) in [5.41, 5.74) is 0.891. The SMILES string of the molecule is CCCCN(CCCC)c1nc(C(C)(C)C(C)C)c(C=O)s1. The molecular weight excluding hydrogens is 292 g/mol. The maximum absolute atomic E-state index is 11.5. The summed E-state index contributed by atoms with van der Waals surface area (Å²) in [5, 5.41) is 1.02. The van der Waals surface area contributed by atoms with Crippen LogP contribution in [-0.4, -0.2) is 24.4 Å². The van der Waals surface area contributed by atoms with E-state index >= 15 is 0 Å². The lowest BCUT2D eigenvalue weighted by Gasteiger charge is -2.28. The second-order valence-corrected chi connectivity index (χ2v) is 7.91. The van der Waals surface area contributed by atoms with Crippen LogP contribution in [0.3, 0.4) is 0 Å². The van der Waals surface area contributed by atoms with Gasteiger partial charge in [0.15, 0.2) is 11.4 Å². The van der Waals surface area contributed by atoms with Crippen LogP contribution in [0.5, 0.6) is 0 Å². The Labute approximate surface area is 140 Å². The van der Waals surface area contributed by atoms with E-state index in [1.807, 2.05) is 0 Å². The number of unbranched alkanes of at least 4 members (excludes halogenated alkanes) is 2. The van der Waals surface area contributed by atoms with Gasteiger partial charge in [0, 0.05) is 18.5 Å². The molecule has 1 rings (SSSR count). The number of rotatable bonds is 10. The van der Waals surface area contributed by atoms with Gasteiger partial charge < -0.3 is 4.90 Å². The van der Waals surface area contributed by atoms with Crippen molar-refractivity contribution in [1.29, 1.82) is 0 Å². The van der Waals surface area contributed by atoms with E-state index in [4.69, 9.17) is 4.98 Å². The van der Waals surface area contributed by atoms with E-state index in [1.165, 1.54) is 25.7 Å². The molecule has 0 radical (unpaired) electrons. The highest BCUT2D eigenvalue weighted by molar-refractivity contribution is 7.17. The third kappa shape index (κ3) is 4.55. The van der Waals surface area contributed by atoms with E-state index in [0.29, 0.717) is 5.92 Å². The smallest absolute Gasteiger partial charge is 0.186 e. The van der Waals surface area contributed by atoms with Crippen molar-refractivity contribution < 1.29 is 4.79 Å². The van der Waals surface area contributed by atoms with Gasteiger partial charge in [0.2, 0.25) is 0 Å². The summed E-state index contributed by atoms with van der Waals surface area (Å²) in [6, 6.07) is 0. The number of carbonyl (C=O) groups excluding carboxylic acids is 1. The Balaban J connectivity index is 3.12. The second-order valence-electron chi connectivity index (χ2n) is 6.90. The molecule has 3 nitrogen and oxygen atoms in total. The van der Waals surface area contributed by atoms with Crippen LogP contribution in [0.4, 0.5) is 5.13 Å². The van der Waals surface area contributed by atoms with Gasteiger partial charge in [-0.05, 0) is 18.8 Å². The highest BCUT2D eigenvalue weighted by atomic mass is 32.1. The standard InChI is InChI=1S/C18H32N2OS/c1-7-9-11-20(12-10-8-2)17-19-16(15(13-21)22-17)18(5,6)14(3)4/h13-14H,7-12H2,1-6H3. The average Bonchev–Trinajstić information content (AvgIpc) is 2.92. The van der Waals surface area contributed by atoms with E-state index in [-0.39, 0.29) is 5.41 Å². The highest BCUT2D eigenvalue weighted by Crippen LogP contribution is 2.37. The third-order valence-corrected chi connectivity index (χ3v) is 5.68. The molecule has 0 bridgehead atoms. The van der Waals surface area contributed by atoms with E-state index in [2.05, 4.69) is 46.4 Å². The molecule has 0 aliphatic rings. The summed E-state index contributed by atoms with van der Waals surface area (Å²) in [6.45, 7) is 15.2. The van der Waals surface area contributed by atoms with Crippen molar-refractivity contribution >= 4 is 22.8 Å². The molecule has 0 aromatic carbocycles. The lowest BCUT2D eigenvalue weighted by Crippen LogP contribution is -2.28. The molecule has 0 unspecified atom stereocenters. The van der Waals surface area contributed by atoms with E-state index < -0.39 is 0 Å². The van der Waals surface area contributed by atoms with Crippen molar-refractivity contribution in [3.05, 3.63) is 10.6 Å². The summed E-state index contributed by atoms with van der Waals surface area (Å²) in [5.74, 6) is 0.445. The van der Waals surface area contributed by atoms with Gasteiger partial charge in [-0.1, -0.05) is 65.7 Å². The van der Waals surface area contributed by atoms with Crippen LogP contribution in [0.1, 0.15) is 82.6 Å². The largest absolute Gasteiger partial charge is 0.348 e. The molecule has 1 aromatic heterocycles. The molecule has 0 atom stereocenters. The molecule has 0 fully saturated rings. The quantitative estimate of drug-likeness (QED) is 0.548. The Hall–Kier alpha value is -0.900. The van der Waals surface area contributed by atoms with Gasteiger partial charge in [0.1, 0.15) is 0 Å². The van der Waals surface area contributed by atoms with E-state index in [0.717, 1.165) is 35.1 Å². The zero-order valence-electron chi connectivity index (χ0n) is 15.1. The van der Waals surface area contributed by atoms with Crippen LogP contribution < -0.4 is 4.90 Å². The van der Waals surface area contributed by atoms with Crippen LogP contribution in [0.15, 0.2) is 0 Å². The molecule has 22 heavy (non-hydrogen) atoms. The van der Waals surface area contributed by atoms with Crippen molar-refractivity contribution in [3.8, 4) is 0 Å². The fourth-order valence-corrected chi connectivity index (χ4v) is 3.37. The normalized spacial score (nSPS) is 12.0. The number of aromatic nitrogens is 1. The number of anilines is 1.